The van der Waals surface area contributed by atoms with E-state index in [9.17, 15) is 8.42 Å². The van der Waals surface area contributed by atoms with E-state index in [2.05, 4.69) is 4.72 Å². The number of rotatable bonds is 7. The number of hydrogen-bond acceptors (Lipinski definition) is 4. The molecule has 5 nitrogen and oxygen atoms in total. The molecule has 1 rings (SSSR count). The van der Waals surface area contributed by atoms with E-state index in [-0.39, 0.29) is 27.6 Å². The van der Waals surface area contributed by atoms with Crippen LogP contribution in [0.15, 0.2) is 23.1 Å². The maximum atomic E-state index is 12.1. The van der Waals surface area contributed by atoms with Crippen molar-refractivity contribution in [3.8, 4) is 0 Å². The fourth-order valence-electron chi connectivity index (χ4n) is 1.42. The molecule has 0 saturated carbocycles. The number of nitrogens with one attached hydrogen (secondary N) is 1. The van der Waals surface area contributed by atoms with Crippen LogP contribution in [0.2, 0.25) is 5.02 Å². The minimum absolute atomic E-state index is 0.0105. The predicted octanol–water partition coefficient (Wildman–Crippen LogP) is 1.68. The highest BCUT2D eigenvalue weighted by Gasteiger charge is 2.18. The molecule has 0 unspecified atom stereocenters. The van der Waals surface area contributed by atoms with Crippen LogP contribution in [0.5, 0.6) is 0 Å². The number of halogens is 1. The SMILES string of the molecule is CC(C)OCCNS(=O)(=O)c1ccc(C(N)=S)cc1Cl. The van der Waals surface area contributed by atoms with Gasteiger partial charge in [0.1, 0.15) is 9.88 Å². The van der Waals surface area contributed by atoms with E-state index < -0.39 is 10.0 Å². The second-order valence-electron chi connectivity index (χ2n) is 4.33. The number of hydrogen-bond donors (Lipinski definition) is 2. The summed E-state index contributed by atoms with van der Waals surface area (Å²) >= 11 is 10.8. The van der Waals surface area contributed by atoms with Gasteiger partial charge in [0, 0.05) is 12.1 Å². The van der Waals surface area contributed by atoms with Crippen molar-refractivity contribution >= 4 is 38.8 Å². The van der Waals surface area contributed by atoms with Crippen molar-refractivity contribution in [1.29, 1.82) is 0 Å². The van der Waals surface area contributed by atoms with E-state index in [1.54, 1.807) is 0 Å². The van der Waals surface area contributed by atoms with Gasteiger partial charge in [0.05, 0.1) is 17.7 Å². The third-order valence-corrected chi connectivity index (χ3v) is 4.53. The summed E-state index contributed by atoms with van der Waals surface area (Å²) in [7, 11) is -3.68. The van der Waals surface area contributed by atoms with Crippen LogP contribution < -0.4 is 10.5 Å². The van der Waals surface area contributed by atoms with Gasteiger partial charge >= 0.3 is 0 Å². The lowest BCUT2D eigenvalue weighted by Crippen LogP contribution is -2.28. The number of ether oxygens (including phenoxy) is 1. The van der Waals surface area contributed by atoms with Crippen LogP contribution in [-0.2, 0) is 14.8 Å². The molecule has 0 aromatic heterocycles. The highest BCUT2D eigenvalue weighted by molar-refractivity contribution is 7.89. The molecule has 112 valence electrons. The monoisotopic (exact) mass is 336 g/mol. The highest BCUT2D eigenvalue weighted by atomic mass is 35.5. The molecule has 0 radical (unpaired) electrons. The Bertz CT molecular complexity index is 588. The average molecular weight is 337 g/mol. The molecule has 8 heteroatoms. The minimum atomic E-state index is -3.68. The zero-order valence-corrected chi connectivity index (χ0v) is 13.6. The standard InChI is InChI=1S/C12H17ClN2O3S2/c1-8(2)18-6-5-15-20(16,17)11-4-3-9(12(14)19)7-10(11)13/h3-4,7-8,15H,5-6H2,1-2H3,(H2,14,19). The zero-order chi connectivity index (χ0) is 15.3. The molecular weight excluding hydrogens is 320 g/mol. The molecule has 1 aromatic carbocycles. The topological polar surface area (TPSA) is 81.4 Å². The van der Waals surface area contributed by atoms with Gasteiger partial charge in [-0.15, -0.1) is 0 Å². The first kappa shape index (κ1) is 17.3. The van der Waals surface area contributed by atoms with E-state index >= 15 is 0 Å². The molecule has 0 amide bonds. The second-order valence-corrected chi connectivity index (χ2v) is 6.91. The van der Waals surface area contributed by atoms with Crippen LogP contribution in [0, 0.1) is 0 Å². The Labute approximate surface area is 129 Å². The first-order valence-electron chi connectivity index (χ1n) is 5.94. The summed E-state index contributed by atoms with van der Waals surface area (Å²) in [5.74, 6) is 0. The summed E-state index contributed by atoms with van der Waals surface area (Å²) in [6.07, 6.45) is 0.0490. The van der Waals surface area contributed by atoms with E-state index in [1.807, 2.05) is 13.8 Å². The fourth-order valence-corrected chi connectivity index (χ4v) is 3.10. The number of nitrogens with two attached hydrogens (primary N) is 1. The van der Waals surface area contributed by atoms with Gasteiger partial charge in [-0.2, -0.15) is 0 Å². The third-order valence-electron chi connectivity index (χ3n) is 2.35. The van der Waals surface area contributed by atoms with E-state index in [1.165, 1.54) is 18.2 Å². The summed E-state index contributed by atoms with van der Waals surface area (Å²) < 4.78 is 31.8. The van der Waals surface area contributed by atoms with Crippen molar-refractivity contribution < 1.29 is 13.2 Å². The molecule has 0 heterocycles. The molecule has 0 saturated heterocycles. The largest absolute Gasteiger partial charge is 0.389 e. The Hall–Kier alpha value is -0.730. The van der Waals surface area contributed by atoms with Gasteiger partial charge in [0.25, 0.3) is 0 Å². The molecule has 0 bridgehead atoms. The predicted molar refractivity (Wildman–Crippen MR) is 83.6 cm³/mol. The zero-order valence-electron chi connectivity index (χ0n) is 11.2. The van der Waals surface area contributed by atoms with E-state index in [0.717, 1.165) is 0 Å². The molecular formula is C12H17ClN2O3S2. The molecule has 20 heavy (non-hydrogen) atoms. The lowest BCUT2D eigenvalue weighted by atomic mass is 10.2. The smallest absolute Gasteiger partial charge is 0.242 e. The Morgan fingerprint density at radius 2 is 2.15 bits per heavy atom. The van der Waals surface area contributed by atoms with Crippen molar-refractivity contribution in [2.45, 2.75) is 24.8 Å². The fraction of sp³-hybridized carbons (Fsp3) is 0.417. The normalized spacial score (nSPS) is 11.8. The molecule has 0 atom stereocenters. The molecule has 0 aliphatic heterocycles. The van der Waals surface area contributed by atoms with Gasteiger partial charge in [-0.3, -0.25) is 0 Å². The van der Waals surface area contributed by atoms with Crippen LogP contribution in [-0.4, -0.2) is 32.7 Å². The minimum Gasteiger partial charge on any atom is -0.389 e. The van der Waals surface area contributed by atoms with Gasteiger partial charge in [0.2, 0.25) is 10.0 Å². The van der Waals surface area contributed by atoms with Crippen LogP contribution in [0.25, 0.3) is 0 Å². The number of benzene rings is 1. The lowest BCUT2D eigenvalue weighted by molar-refractivity contribution is 0.0834. The first-order chi connectivity index (χ1) is 9.24. The van der Waals surface area contributed by atoms with Gasteiger partial charge in [0.15, 0.2) is 0 Å². The van der Waals surface area contributed by atoms with Crippen molar-refractivity contribution in [1.82, 2.24) is 4.72 Å². The van der Waals surface area contributed by atoms with Crippen LogP contribution >= 0.6 is 23.8 Å². The van der Waals surface area contributed by atoms with Gasteiger partial charge in [-0.1, -0.05) is 29.9 Å². The molecule has 0 fully saturated rings. The Morgan fingerprint density at radius 3 is 2.65 bits per heavy atom. The second kappa shape index (κ2) is 7.33. The van der Waals surface area contributed by atoms with Crippen LogP contribution in [0.4, 0.5) is 0 Å². The number of sulfonamides is 1. The summed E-state index contributed by atoms with van der Waals surface area (Å²) in [6.45, 7) is 4.22. The van der Waals surface area contributed by atoms with Crippen LogP contribution in [0.3, 0.4) is 0 Å². The number of thiocarbonyl (C=S) groups is 1. The Morgan fingerprint density at radius 1 is 1.50 bits per heavy atom. The molecule has 0 spiro atoms. The third kappa shape index (κ3) is 4.99. The Kier molecular flexibility index (Phi) is 6.35. The highest BCUT2D eigenvalue weighted by Crippen LogP contribution is 2.22. The Balaban J connectivity index is 2.80. The maximum Gasteiger partial charge on any atom is 0.242 e. The summed E-state index contributed by atoms with van der Waals surface area (Å²) in [5, 5.41) is 0.0765. The maximum absolute atomic E-state index is 12.1. The van der Waals surface area contributed by atoms with Gasteiger partial charge in [-0.05, 0) is 26.0 Å². The summed E-state index contributed by atoms with van der Waals surface area (Å²) in [4.78, 5) is 0.151. The van der Waals surface area contributed by atoms with Crippen molar-refractivity contribution in [2.75, 3.05) is 13.2 Å². The van der Waals surface area contributed by atoms with Gasteiger partial charge < -0.3 is 10.5 Å². The van der Waals surface area contributed by atoms with Crippen LogP contribution in [0.1, 0.15) is 19.4 Å². The molecule has 0 aliphatic carbocycles. The first-order valence-corrected chi connectivity index (χ1v) is 8.21. The lowest BCUT2D eigenvalue weighted by Gasteiger charge is -2.11. The quantitative estimate of drug-likeness (QED) is 0.585. The molecule has 0 aliphatic rings. The summed E-state index contributed by atoms with van der Waals surface area (Å²) in [6, 6.07) is 4.33. The summed E-state index contributed by atoms with van der Waals surface area (Å²) in [5.41, 5.74) is 5.98. The van der Waals surface area contributed by atoms with Crippen molar-refractivity contribution in [3.05, 3.63) is 28.8 Å². The van der Waals surface area contributed by atoms with Gasteiger partial charge in [-0.25, -0.2) is 13.1 Å². The van der Waals surface area contributed by atoms with E-state index in [4.69, 9.17) is 34.3 Å². The van der Waals surface area contributed by atoms with E-state index in [0.29, 0.717) is 12.2 Å². The molecule has 3 N–H and O–H groups in total. The van der Waals surface area contributed by atoms with Crippen molar-refractivity contribution in [2.24, 2.45) is 5.73 Å². The average Bonchev–Trinajstić information content (AvgIpc) is 2.34. The van der Waals surface area contributed by atoms with Crippen molar-refractivity contribution in [3.63, 3.8) is 0 Å². The molecule has 1 aromatic rings.